The number of hydrogen-bond acceptors (Lipinski definition) is 3. The Morgan fingerprint density at radius 3 is 2.35 bits per heavy atom. The van der Waals surface area contributed by atoms with Crippen LogP contribution in [0.1, 0.15) is 5.56 Å². The lowest BCUT2D eigenvalue weighted by Gasteiger charge is -2.15. The highest BCUT2D eigenvalue weighted by Crippen LogP contribution is 2.36. The fourth-order valence-electron chi connectivity index (χ4n) is 1.89. The Kier molecular flexibility index (Phi) is 4.84. The second-order valence-electron chi connectivity index (χ2n) is 4.12. The molecule has 1 N–H and O–H groups in total. The Labute approximate surface area is 125 Å². The van der Waals surface area contributed by atoms with Crippen molar-refractivity contribution < 1.29 is 13.9 Å². The van der Waals surface area contributed by atoms with Crippen LogP contribution in [0.15, 0.2) is 40.9 Å². The molecule has 0 aliphatic carbocycles. The molecule has 0 amide bonds. The quantitative estimate of drug-likeness (QED) is 0.884. The summed E-state index contributed by atoms with van der Waals surface area (Å²) in [5.41, 5.74) is 1.78. The van der Waals surface area contributed by atoms with Crippen molar-refractivity contribution in [1.82, 2.24) is 0 Å². The van der Waals surface area contributed by atoms with Crippen LogP contribution in [0.3, 0.4) is 0 Å². The average molecular weight is 340 g/mol. The minimum atomic E-state index is -0.254. The summed E-state index contributed by atoms with van der Waals surface area (Å²) in [5.74, 6) is 1.10. The van der Waals surface area contributed by atoms with Gasteiger partial charge in [-0.1, -0.05) is 15.9 Å². The molecule has 3 nitrogen and oxygen atoms in total. The highest BCUT2D eigenvalue weighted by molar-refractivity contribution is 9.10. The van der Waals surface area contributed by atoms with Gasteiger partial charge in [-0.25, -0.2) is 4.39 Å². The predicted molar refractivity (Wildman–Crippen MR) is 81.0 cm³/mol. The molecule has 0 radical (unpaired) electrons. The molecule has 0 aliphatic heterocycles. The molecule has 106 valence electrons. The first kappa shape index (κ1) is 14.7. The van der Waals surface area contributed by atoms with E-state index < -0.39 is 0 Å². The molecular weight excluding hydrogens is 325 g/mol. The molecule has 5 heteroatoms. The number of methoxy groups -OCH3 is 2. The second kappa shape index (κ2) is 6.61. The van der Waals surface area contributed by atoms with E-state index in [0.29, 0.717) is 18.0 Å². The Morgan fingerprint density at radius 2 is 1.75 bits per heavy atom. The third-order valence-electron chi connectivity index (χ3n) is 2.90. The van der Waals surface area contributed by atoms with E-state index in [1.54, 1.807) is 26.4 Å². The summed E-state index contributed by atoms with van der Waals surface area (Å²) in [6, 6.07) is 9.96. The molecule has 0 aliphatic rings. The molecule has 0 bridgehead atoms. The van der Waals surface area contributed by atoms with E-state index in [2.05, 4.69) is 21.2 Å². The molecule has 0 atom stereocenters. The molecule has 2 aromatic carbocycles. The lowest BCUT2D eigenvalue weighted by Crippen LogP contribution is -2.04. The van der Waals surface area contributed by atoms with Crippen LogP contribution >= 0.6 is 15.9 Å². The van der Waals surface area contributed by atoms with Gasteiger partial charge in [0.05, 0.1) is 14.2 Å². The SMILES string of the molecule is COc1ccc(Br)c(CNc2ccc(F)cc2)c1OC. The first-order chi connectivity index (χ1) is 9.65. The first-order valence-electron chi connectivity index (χ1n) is 6.04. The Morgan fingerprint density at radius 1 is 1.05 bits per heavy atom. The fraction of sp³-hybridized carbons (Fsp3) is 0.200. The normalized spacial score (nSPS) is 10.2. The van der Waals surface area contributed by atoms with Crippen LogP contribution in [0.4, 0.5) is 10.1 Å². The van der Waals surface area contributed by atoms with E-state index in [1.165, 1.54) is 12.1 Å². The van der Waals surface area contributed by atoms with Crippen molar-refractivity contribution in [3.8, 4) is 11.5 Å². The average Bonchev–Trinajstić information content (AvgIpc) is 2.47. The van der Waals surface area contributed by atoms with E-state index in [9.17, 15) is 4.39 Å². The Balaban J connectivity index is 2.22. The highest BCUT2D eigenvalue weighted by Gasteiger charge is 2.13. The van der Waals surface area contributed by atoms with Crippen molar-refractivity contribution in [2.75, 3.05) is 19.5 Å². The molecule has 0 unspecified atom stereocenters. The van der Waals surface area contributed by atoms with Gasteiger partial charge < -0.3 is 14.8 Å². The van der Waals surface area contributed by atoms with E-state index in [-0.39, 0.29) is 5.82 Å². The van der Waals surface area contributed by atoms with Crippen molar-refractivity contribution in [2.45, 2.75) is 6.54 Å². The molecule has 0 spiro atoms. The van der Waals surface area contributed by atoms with Crippen LogP contribution < -0.4 is 14.8 Å². The Hall–Kier alpha value is -1.75. The van der Waals surface area contributed by atoms with Gasteiger partial charge >= 0.3 is 0 Å². The fourth-order valence-corrected chi connectivity index (χ4v) is 2.34. The van der Waals surface area contributed by atoms with E-state index in [1.807, 2.05) is 12.1 Å². The lowest BCUT2D eigenvalue weighted by molar-refractivity contribution is 0.351. The highest BCUT2D eigenvalue weighted by atomic mass is 79.9. The monoisotopic (exact) mass is 339 g/mol. The predicted octanol–water partition coefficient (Wildman–Crippen LogP) is 4.22. The zero-order chi connectivity index (χ0) is 14.5. The summed E-state index contributed by atoms with van der Waals surface area (Å²) in [6.45, 7) is 0.534. The zero-order valence-electron chi connectivity index (χ0n) is 11.2. The van der Waals surface area contributed by atoms with Gasteiger partial charge in [-0.3, -0.25) is 0 Å². The number of hydrogen-bond donors (Lipinski definition) is 1. The first-order valence-corrected chi connectivity index (χ1v) is 6.83. The summed E-state index contributed by atoms with van der Waals surface area (Å²) in [7, 11) is 3.20. The summed E-state index contributed by atoms with van der Waals surface area (Å²) in [6.07, 6.45) is 0. The van der Waals surface area contributed by atoms with Gasteiger partial charge in [-0.2, -0.15) is 0 Å². The topological polar surface area (TPSA) is 30.5 Å². The van der Waals surface area contributed by atoms with Gasteiger partial charge in [0.1, 0.15) is 5.82 Å². The minimum Gasteiger partial charge on any atom is -0.493 e. The third-order valence-corrected chi connectivity index (χ3v) is 3.65. The maximum absolute atomic E-state index is 12.9. The van der Waals surface area contributed by atoms with Crippen molar-refractivity contribution in [3.63, 3.8) is 0 Å². The largest absolute Gasteiger partial charge is 0.493 e. The van der Waals surface area contributed by atoms with Crippen LogP contribution in [0.2, 0.25) is 0 Å². The van der Waals surface area contributed by atoms with Crippen LogP contribution in [0, 0.1) is 5.82 Å². The molecule has 2 aromatic rings. The Bertz CT molecular complexity index is 587. The van der Waals surface area contributed by atoms with Gasteiger partial charge in [-0.05, 0) is 36.4 Å². The summed E-state index contributed by atoms with van der Waals surface area (Å²) in [4.78, 5) is 0. The van der Waals surface area contributed by atoms with Gasteiger partial charge in [-0.15, -0.1) is 0 Å². The number of nitrogens with one attached hydrogen (secondary N) is 1. The minimum absolute atomic E-state index is 0.254. The van der Waals surface area contributed by atoms with E-state index >= 15 is 0 Å². The molecule has 20 heavy (non-hydrogen) atoms. The van der Waals surface area contributed by atoms with Crippen LogP contribution in [-0.4, -0.2) is 14.2 Å². The summed E-state index contributed by atoms with van der Waals surface area (Å²) >= 11 is 3.50. The van der Waals surface area contributed by atoms with Crippen LogP contribution in [0.5, 0.6) is 11.5 Å². The van der Waals surface area contributed by atoms with Gasteiger partial charge in [0.2, 0.25) is 0 Å². The smallest absolute Gasteiger partial charge is 0.166 e. The number of anilines is 1. The van der Waals surface area contributed by atoms with Gasteiger partial charge in [0.15, 0.2) is 11.5 Å². The van der Waals surface area contributed by atoms with Crippen LogP contribution in [0.25, 0.3) is 0 Å². The number of halogens is 2. The summed E-state index contributed by atoms with van der Waals surface area (Å²) < 4.78 is 24.5. The van der Waals surface area contributed by atoms with E-state index in [0.717, 1.165) is 15.7 Å². The maximum atomic E-state index is 12.9. The number of benzene rings is 2. The molecule has 2 rings (SSSR count). The van der Waals surface area contributed by atoms with Gasteiger partial charge in [0, 0.05) is 22.3 Å². The van der Waals surface area contributed by atoms with Crippen molar-refractivity contribution in [1.29, 1.82) is 0 Å². The molecule has 0 fully saturated rings. The van der Waals surface area contributed by atoms with Crippen molar-refractivity contribution in [2.24, 2.45) is 0 Å². The molecule has 0 aromatic heterocycles. The number of rotatable bonds is 5. The second-order valence-corrected chi connectivity index (χ2v) is 4.98. The number of ether oxygens (including phenoxy) is 2. The molecule has 0 saturated heterocycles. The lowest BCUT2D eigenvalue weighted by atomic mass is 10.1. The molecule has 0 saturated carbocycles. The van der Waals surface area contributed by atoms with E-state index in [4.69, 9.17) is 9.47 Å². The third kappa shape index (κ3) is 3.22. The van der Waals surface area contributed by atoms with Gasteiger partial charge in [0.25, 0.3) is 0 Å². The van der Waals surface area contributed by atoms with Crippen molar-refractivity contribution >= 4 is 21.6 Å². The zero-order valence-corrected chi connectivity index (χ0v) is 12.8. The van der Waals surface area contributed by atoms with Crippen molar-refractivity contribution in [3.05, 3.63) is 52.3 Å². The maximum Gasteiger partial charge on any atom is 0.166 e. The van der Waals surface area contributed by atoms with Crippen LogP contribution in [-0.2, 0) is 6.54 Å². The molecule has 0 heterocycles. The molecular formula is C15H15BrFNO2. The standard InChI is InChI=1S/C15H15BrFNO2/c1-19-14-8-7-13(16)12(15(14)20-2)9-18-11-5-3-10(17)4-6-11/h3-8,18H,9H2,1-2H3. The summed E-state index contributed by atoms with van der Waals surface area (Å²) in [5, 5.41) is 3.22.